The Labute approximate surface area is 201 Å². The summed E-state index contributed by atoms with van der Waals surface area (Å²) in [5, 5.41) is 3.37. The first kappa shape index (κ1) is 23.5. The number of rotatable bonds is 9. The first-order valence-electron chi connectivity index (χ1n) is 11.9. The molecule has 172 valence electrons. The highest BCUT2D eigenvalue weighted by atomic mass is 32.1. The van der Waals surface area contributed by atoms with Gasteiger partial charge in [0.15, 0.2) is 5.75 Å². The van der Waals surface area contributed by atoms with Gasteiger partial charge in [-0.15, -0.1) is 11.3 Å². The molecule has 2 aromatic carbocycles. The van der Waals surface area contributed by atoms with Crippen molar-refractivity contribution in [3.05, 3.63) is 85.6 Å². The van der Waals surface area contributed by atoms with Gasteiger partial charge in [-0.3, -0.25) is 4.79 Å². The first-order chi connectivity index (χ1) is 16.0. The Morgan fingerprint density at radius 1 is 1.06 bits per heavy atom. The molecule has 0 unspecified atom stereocenters. The van der Waals surface area contributed by atoms with Crippen LogP contribution < -0.4 is 10.1 Å². The molecule has 4 rings (SSSR count). The van der Waals surface area contributed by atoms with Gasteiger partial charge in [0, 0.05) is 16.0 Å². The van der Waals surface area contributed by atoms with Crippen LogP contribution in [-0.2, 0) is 12.8 Å². The van der Waals surface area contributed by atoms with E-state index in [0.717, 1.165) is 77.4 Å². The zero-order valence-electron chi connectivity index (χ0n) is 20.1. The number of thiophene rings is 1. The van der Waals surface area contributed by atoms with Crippen LogP contribution in [0.1, 0.15) is 69.1 Å². The van der Waals surface area contributed by atoms with Crippen LogP contribution in [0.3, 0.4) is 0 Å². The number of ether oxygens (including phenoxy) is 1. The van der Waals surface area contributed by atoms with Gasteiger partial charge >= 0.3 is 0 Å². The van der Waals surface area contributed by atoms with Gasteiger partial charge in [-0.2, -0.15) is 0 Å². The van der Waals surface area contributed by atoms with Crippen molar-refractivity contribution in [1.29, 1.82) is 0 Å². The summed E-state index contributed by atoms with van der Waals surface area (Å²) >= 11 is 1.56. The van der Waals surface area contributed by atoms with Crippen molar-refractivity contribution in [1.82, 2.24) is 5.32 Å². The molecule has 0 fully saturated rings. The van der Waals surface area contributed by atoms with E-state index in [9.17, 15) is 4.79 Å². The molecule has 3 aromatic rings. The van der Waals surface area contributed by atoms with Crippen molar-refractivity contribution in [2.75, 3.05) is 13.1 Å². The Kier molecular flexibility index (Phi) is 7.46. The number of hydrogen-bond donors (Lipinski definition) is 1. The monoisotopic (exact) mass is 459 g/mol. The third-order valence-electron chi connectivity index (χ3n) is 6.19. The third kappa shape index (κ3) is 5.45. The Bertz CT molecular complexity index is 1170. The third-order valence-corrected chi connectivity index (χ3v) is 7.35. The smallest absolute Gasteiger partial charge is 0.207 e. The molecule has 0 radical (unpaired) electrons. The molecule has 1 aliphatic rings. The topological polar surface area (TPSA) is 38.3 Å². The standard InChI is InChI=1S/C29H33NO2S/c1-5-30-16-6-7-22-11-13-23(14-12-22)32-28-24-15-9-20(3)18-26(24)33-29(28)27(31)25-17-19(2)8-10-21(25)4/h8,10-14,17-18,30H,5-7,9,15-16H2,1-4H3. The molecule has 0 saturated heterocycles. The van der Waals surface area contributed by atoms with Crippen LogP contribution in [0, 0.1) is 13.8 Å². The van der Waals surface area contributed by atoms with E-state index >= 15 is 0 Å². The van der Waals surface area contributed by atoms with Gasteiger partial charge in [0.2, 0.25) is 5.78 Å². The molecule has 0 spiro atoms. The molecule has 1 heterocycles. The quantitative estimate of drug-likeness (QED) is 0.270. The molecule has 1 N–H and O–H groups in total. The van der Waals surface area contributed by atoms with Crippen LogP contribution in [0.15, 0.2) is 48.0 Å². The highest BCUT2D eigenvalue weighted by Crippen LogP contribution is 2.44. The SMILES string of the molecule is CCNCCCc1ccc(Oc2c(C(=O)c3cc(C)ccc3C)sc3c2CCC(C)=C3)cc1. The Morgan fingerprint density at radius 2 is 1.85 bits per heavy atom. The molecule has 3 nitrogen and oxygen atoms in total. The molecule has 4 heteroatoms. The average molecular weight is 460 g/mol. The molecule has 1 aliphatic carbocycles. The summed E-state index contributed by atoms with van der Waals surface area (Å²) in [5.41, 5.74) is 6.66. The minimum absolute atomic E-state index is 0.0525. The van der Waals surface area contributed by atoms with Crippen LogP contribution in [0.25, 0.3) is 6.08 Å². The van der Waals surface area contributed by atoms with E-state index in [1.165, 1.54) is 11.1 Å². The lowest BCUT2D eigenvalue weighted by atomic mass is 9.96. The van der Waals surface area contributed by atoms with Gasteiger partial charge in [-0.05, 0) is 94.9 Å². The van der Waals surface area contributed by atoms with Gasteiger partial charge in [-0.25, -0.2) is 0 Å². The van der Waals surface area contributed by atoms with Gasteiger partial charge in [0.1, 0.15) is 10.6 Å². The molecule has 0 aliphatic heterocycles. The van der Waals surface area contributed by atoms with Crippen molar-refractivity contribution in [3.8, 4) is 11.5 Å². The van der Waals surface area contributed by atoms with Crippen molar-refractivity contribution in [3.63, 3.8) is 0 Å². The maximum absolute atomic E-state index is 13.7. The second-order valence-electron chi connectivity index (χ2n) is 8.94. The van der Waals surface area contributed by atoms with Gasteiger partial charge < -0.3 is 10.1 Å². The van der Waals surface area contributed by atoms with Crippen molar-refractivity contribution in [2.24, 2.45) is 0 Å². The lowest BCUT2D eigenvalue weighted by Crippen LogP contribution is -2.14. The van der Waals surface area contributed by atoms with E-state index in [2.05, 4.69) is 43.4 Å². The van der Waals surface area contributed by atoms with E-state index < -0.39 is 0 Å². The zero-order chi connectivity index (χ0) is 23.4. The van der Waals surface area contributed by atoms with Crippen molar-refractivity contribution in [2.45, 2.75) is 53.4 Å². The highest BCUT2D eigenvalue weighted by molar-refractivity contribution is 7.15. The predicted molar refractivity (Wildman–Crippen MR) is 139 cm³/mol. The predicted octanol–water partition coefficient (Wildman–Crippen LogP) is 7.28. The number of ketones is 1. The molecule has 0 atom stereocenters. The van der Waals surface area contributed by atoms with Crippen LogP contribution >= 0.6 is 11.3 Å². The maximum atomic E-state index is 13.7. The van der Waals surface area contributed by atoms with Crippen LogP contribution in [0.5, 0.6) is 11.5 Å². The van der Waals surface area contributed by atoms with Crippen LogP contribution in [-0.4, -0.2) is 18.9 Å². The number of carbonyl (C=O) groups excluding carboxylic acids is 1. The van der Waals surface area contributed by atoms with Crippen LogP contribution in [0.4, 0.5) is 0 Å². The summed E-state index contributed by atoms with van der Waals surface area (Å²) in [6.45, 7) is 10.4. The molecular formula is C29H33NO2S. The number of allylic oxidation sites excluding steroid dienone is 1. The summed E-state index contributed by atoms with van der Waals surface area (Å²) in [7, 11) is 0. The largest absolute Gasteiger partial charge is 0.455 e. The van der Waals surface area contributed by atoms with E-state index in [-0.39, 0.29) is 5.78 Å². The fourth-order valence-corrected chi connectivity index (χ4v) is 5.49. The van der Waals surface area contributed by atoms with E-state index in [1.54, 1.807) is 11.3 Å². The molecule has 0 amide bonds. The molecule has 33 heavy (non-hydrogen) atoms. The minimum Gasteiger partial charge on any atom is -0.455 e. The lowest BCUT2D eigenvalue weighted by Gasteiger charge is -2.14. The van der Waals surface area contributed by atoms with Crippen molar-refractivity contribution < 1.29 is 9.53 Å². The lowest BCUT2D eigenvalue weighted by molar-refractivity contribution is 0.104. The highest BCUT2D eigenvalue weighted by Gasteiger charge is 2.27. The summed E-state index contributed by atoms with van der Waals surface area (Å²) in [4.78, 5) is 15.5. The fourth-order valence-electron chi connectivity index (χ4n) is 4.23. The average Bonchev–Trinajstić information content (AvgIpc) is 3.16. The number of carbonyl (C=O) groups is 1. The Balaban J connectivity index is 1.64. The van der Waals surface area contributed by atoms with Crippen molar-refractivity contribution >= 4 is 23.2 Å². The summed E-state index contributed by atoms with van der Waals surface area (Å²) < 4.78 is 6.44. The maximum Gasteiger partial charge on any atom is 0.207 e. The number of hydrogen-bond acceptors (Lipinski definition) is 4. The Hall–Kier alpha value is -2.69. The molecule has 0 saturated carbocycles. The van der Waals surface area contributed by atoms with E-state index in [1.807, 2.05) is 38.1 Å². The molecular weight excluding hydrogens is 426 g/mol. The summed E-state index contributed by atoms with van der Waals surface area (Å²) in [5.74, 6) is 1.58. The van der Waals surface area contributed by atoms with E-state index in [4.69, 9.17) is 4.74 Å². The second kappa shape index (κ2) is 10.5. The number of aryl methyl sites for hydroxylation is 3. The Morgan fingerprint density at radius 3 is 2.61 bits per heavy atom. The summed E-state index contributed by atoms with van der Waals surface area (Å²) in [6, 6.07) is 14.4. The van der Waals surface area contributed by atoms with Gasteiger partial charge in [0.05, 0.1) is 0 Å². The summed E-state index contributed by atoms with van der Waals surface area (Å²) in [6.07, 6.45) is 6.28. The van der Waals surface area contributed by atoms with Gasteiger partial charge in [0.25, 0.3) is 0 Å². The minimum atomic E-state index is 0.0525. The number of fused-ring (bicyclic) bond motifs is 1. The zero-order valence-corrected chi connectivity index (χ0v) is 20.9. The molecule has 1 aromatic heterocycles. The first-order valence-corrected chi connectivity index (χ1v) is 12.7. The van der Waals surface area contributed by atoms with Crippen LogP contribution in [0.2, 0.25) is 0 Å². The second-order valence-corrected chi connectivity index (χ2v) is 10.00. The normalized spacial score (nSPS) is 12.9. The molecule has 0 bridgehead atoms. The van der Waals surface area contributed by atoms with E-state index in [0.29, 0.717) is 4.88 Å². The van der Waals surface area contributed by atoms with Gasteiger partial charge in [-0.1, -0.05) is 42.3 Å². The fraction of sp³-hybridized carbons (Fsp3) is 0.345. The number of benzene rings is 2. The number of nitrogens with one attached hydrogen (secondary N) is 1.